The van der Waals surface area contributed by atoms with E-state index < -0.39 is 27.9 Å². The van der Waals surface area contributed by atoms with E-state index in [9.17, 15) is 18.7 Å². The van der Waals surface area contributed by atoms with Crippen LogP contribution in [0, 0.1) is 11.6 Å². The Morgan fingerprint density at radius 3 is 2.71 bits per heavy atom. The van der Waals surface area contributed by atoms with E-state index in [4.69, 9.17) is 17.3 Å². The monoisotopic (exact) mass is 533 g/mol. The van der Waals surface area contributed by atoms with E-state index in [1.165, 1.54) is 19.1 Å². The number of halogens is 3. The van der Waals surface area contributed by atoms with Gasteiger partial charge < -0.3 is 20.6 Å². The highest BCUT2D eigenvalue weighted by Gasteiger charge is 2.48. The predicted octanol–water partition coefficient (Wildman–Crippen LogP) is 4.25. The molecule has 1 aliphatic rings. The van der Waals surface area contributed by atoms with E-state index in [0.29, 0.717) is 22.6 Å². The molecule has 12 heteroatoms. The Morgan fingerprint density at radius 1 is 1.16 bits per heavy atom. The summed E-state index contributed by atoms with van der Waals surface area (Å²) < 4.78 is 30.4. The van der Waals surface area contributed by atoms with Gasteiger partial charge in [-0.2, -0.15) is 0 Å². The third-order valence-corrected chi connectivity index (χ3v) is 7.07. The number of nitrogen functional groups attached to an aromatic ring is 1. The third-order valence-electron chi connectivity index (χ3n) is 6.70. The second-order valence-electron chi connectivity index (χ2n) is 9.03. The molecule has 0 saturated heterocycles. The molecule has 4 heterocycles. The summed E-state index contributed by atoms with van der Waals surface area (Å²) in [5.74, 6) is -2.11. The first-order valence-corrected chi connectivity index (χ1v) is 11.8. The minimum Gasteiger partial charge on any atom is -0.506 e. The number of imidazole rings is 1. The topological polar surface area (TPSA) is 131 Å². The summed E-state index contributed by atoms with van der Waals surface area (Å²) in [6.07, 6.45) is 5.12. The van der Waals surface area contributed by atoms with Crippen molar-refractivity contribution in [2.24, 2.45) is 0 Å². The zero-order chi connectivity index (χ0) is 26.8. The standard InChI is InChI=1S/C26H18ClF2N7O2/c1-26(13-9-15(29)20(27)18(37)10-13)19-21(30)33-22(34-23(19)35-25(26)38)17-11-36-7-6-31-24(36)16(32-17)8-12-4-2-3-5-14(12)28/h2-7,9-11,37H,8H2,1H3,(H3,30,33,34,35,38)/t26-/m0/s1. The highest BCUT2D eigenvalue weighted by molar-refractivity contribution is 6.32. The van der Waals surface area contributed by atoms with Crippen molar-refractivity contribution >= 4 is 34.8 Å². The third kappa shape index (κ3) is 3.54. The molecule has 1 amide bonds. The van der Waals surface area contributed by atoms with Crippen LogP contribution in [0.1, 0.15) is 29.3 Å². The number of phenolic OH excluding ortho intramolecular Hbond substituents is 1. The SMILES string of the molecule is C[C@@]1(c2cc(O)c(Cl)c(F)c2)C(=O)Nc2nc(-c3cn4ccnc4c(Cc4ccccc4F)n3)nc(N)c21. The average Bonchev–Trinajstić information content (AvgIpc) is 3.46. The van der Waals surface area contributed by atoms with E-state index in [-0.39, 0.29) is 40.8 Å². The molecule has 0 spiro atoms. The highest BCUT2D eigenvalue weighted by Crippen LogP contribution is 2.46. The van der Waals surface area contributed by atoms with Gasteiger partial charge in [-0.15, -0.1) is 0 Å². The number of aromatic nitrogens is 5. The number of carbonyl (C=O) groups excluding carboxylic acids is 1. The van der Waals surface area contributed by atoms with Crippen LogP contribution in [0.15, 0.2) is 55.0 Å². The van der Waals surface area contributed by atoms with Crippen LogP contribution >= 0.6 is 11.6 Å². The number of amides is 1. The lowest BCUT2D eigenvalue weighted by molar-refractivity contribution is -0.119. The number of hydrogen-bond acceptors (Lipinski definition) is 7. The Hall–Kier alpha value is -4.64. The van der Waals surface area contributed by atoms with Crippen molar-refractivity contribution < 1.29 is 18.7 Å². The summed E-state index contributed by atoms with van der Waals surface area (Å²) in [4.78, 5) is 31.1. The first-order chi connectivity index (χ1) is 18.2. The minimum absolute atomic E-state index is 0.0381. The Balaban J connectivity index is 1.47. The number of nitrogens with two attached hydrogens (primary N) is 1. The zero-order valence-corrected chi connectivity index (χ0v) is 20.5. The molecule has 1 atom stereocenters. The summed E-state index contributed by atoms with van der Waals surface area (Å²) in [5.41, 5.74) is 6.98. The van der Waals surface area contributed by atoms with Crippen LogP contribution in [0.25, 0.3) is 17.2 Å². The molecule has 4 N–H and O–H groups in total. The quantitative estimate of drug-likeness (QED) is 0.314. The molecule has 2 aromatic carbocycles. The largest absolute Gasteiger partial charge is 0.506 e. The maximum Gasteiger partial charge on any atom is 0.240 e. The normalized spacial score (nSPS) is 16.6. The molecular weight excluding hydrogens is 516 g/mol. The van der Waals surface area contributed by atoms with Crippen molar-refractivity contribution in [3.63, 3.8) is 0 Å². The maximum absolute atomic E-state index is 14.4. The van der Waals surface area contributed by atoms with Crippen molar-refractivity contribution in [2.75, 3.05) is 11.1 Å². The first kappa shape index (κ1) is 23.7. The molecule has 190 valence electrons. The molecular formula is C26H18ClF2N7O2. The smallest absolute Gasteiger partial charge is 0.240 e. The van der Waals surface area contributed by atoms with Crippen LogP contribution in [-0.2, 0) is 16.6 Å². The second kappa shape index (κ2) is 8.45. The molecule has 0 fully saturated rings. The Bertz CT molecular complexity index is 1770. The number of fused-ring (bicyclic) bond motifs is 2. The fraction of sp³-hybridized carbons (Fsp3) is 0.115. The van der Waals surface area contributed by atoms with Crippen LogP contribution in [0.2, 0.25) is 5.02 Å². The number of aromatic hydroxyl groups is 1. The fourth-order valence-electron chi connectivity index (χ4n) is 4.71. The van der Waals surface area contributed by atoms with E-state index in [1.54, 1.807) is 41.2 Å². The highest BCUT2D eigenvalue weighted by atomic mass is 35.5. The summed E-state index contributed by atoms with van der Waals surface area (Å²) in [5, 5.41) is 12.3. The Morgan fingerprint density at radius 2 is 1.95 bits per heavy atom. The number of anilines is 2. The average molecular weight is 534 g/mol. The van der Waals surface area contributed by atoms with Gasteiger partial charge in [0.05, 0.1) is 11.3 Å². The van der Waals surface area contributed by atoms with Gasteiger partial charge in [-0.05, 0) is 36.2 Å². The molecule has 0 radical (unpaired) electrons. The van der Waals surface area contributed by atoms with E-state index in [2.05, 4.69) is 25.3 Å². The Labute approximate surface area is 219 Å². The Kier molecular flexibility index (Phi) is 5.28. The molecule has 0 aliphatic carbocycles. The predicted molar refractivity (Wildman–Crippen MR) is 136 cm³/mol. The molecule has 1 aliphatic heterocycles. The summed E-state index contributed by atoms with van der Waals surface area (Å²) in [6.45, 7) is 1.53. The van der Waals surface area contributed by atoms with Crippen molar-refractivity contribution in [1.82, 2.24) is 24.3 Å². The van der Waals surface area contributed by atoms with Gasteiger partial charge in [0.25, 0.3) is 0 Å². The van der Waals surface area contributed by atoms with Gasteiger partial charge in [0, 0.05) is 25.0 Å². The summed E-state index contributed by atoms with van der Waals surface area (Å²) in [6, 6.07) is 8.65. The molecule has 5 aromatic rings. The fourth-order valence-corrected chi connectivity index (χ4v) is 4.82. The number of benzene rings is 2. The molecule has 0 bridgehead atoms. The molecule has 0 saturated carbocycles. The molecule has 9 nitrogen and oxygen atoms in total. The van der Waals surface area contributed by atoms with E-state index >= 15 is 0 Å². The van der Waals surface area contributed by atoms with Gasteiger partial charge in [0.15, 0.2) is 11.5 Å². The number of carbonyl (C=O) groups is 1. The minimum atomic E-state index is -1.50. The van der Waals surface area contributed by atoms with Gasteiger partial charge >= 0.3 is 0 Å². The lowest BCUT2D eigenvalue weighted by Gasteiger charge is -2.24. The van der Waals surface area contributed by atoms with E-state index in [1.807, 2.05) is 0 Å². The van der Waals surface area contributed by atoms with Gasteiger partial charge in [0.1, 0.15) is 45.2 Å². The molecule has 3 aromatic heterocycles. The molecule has 38 heavy (non-hydrogen) atoms. The first-order valence-electron chi connectivity index (χ1n) is 11.4. The van der Waals surface area contributed by atoms with Crippen LogP contribution < -0.4 is 11.1 Å². The van der Waals surface area contributed by atoms with Crippen LogP contribution in [0.5, 0.6) is 5.75 Å². The van der Waals surface area contributed by atoms with Crippen LogP contribution in [0.3, 0.4) is 0 Å². The zero-order valence-electron chi connectivity index (χ0n) is 19.7. The van der Waals surface area contributed by atoms with E-state index in [0.717, 1.165) is 6.07 Å². The lowest BCUT2D eigenvalue weighted by atomic mass is 9.77. The van der Waals surface area contributed by atoms with Gasteiger partial charge in [0.2, 0.25) is 5.91 Å². The summed E-state index contributed by atoms with van der Waals surface area (Å²) in [7, 11) is 0. The lowest BCUT2D eigenvalue weighted by Crippen LogP contribution is -2.33. The number of phenols is 1. The number of nitrogens with one attached hydrogen (secondary N) is 1. The van der Waals surface area contributed by atoms with Gasteiger partial charge in [-0.25, -0.2) is 28.7 Å². The summed E-state index contributed by atoms with van der Waals surface area (Å²) >= 11 is 5.75. The van der Waals surface area contributed by atoms with Crippen molar-refractivity contribution in [3.05, 3.63) is 94.0 Å². The maximum atomic E-state index is 14.4. The number of hydrogen-bond donors (Lipinski definition) is 3. The number of rotatable bonds is 4. The van der Waals surface area contributed by atoms with Gasteiger partial charge in [-0.1, -0.05) is 29.8 Å². The van der Waals surface area contributed by atoms with Crippen molar-refractivity contribution in [3.8, 4) is 17.3 Å². The van der Waals surface area contributed by atoms with Crippen LogP contribution in [-0.4, -0.2) is 35.4 Å². The number of nitrogens with zero attached hydrogens (tertiary/aromatic N) is 5. The van der Waals surface area contributed by atoms with Crippen molar-refractivity contribution in [1.29, 1.82) is 0 Å². The molecule has 6 rings (SSSR count). The van der Waals surface area contributed by atoms with Crippen LogP contribution in [0.4, 0.5) is 20.4 Å². The van der Waals surface area contributed by atoms with Gasteiger partial charge in [-0.3, -0.25) is 4.79 Å². The van der Waals surface area contributed by atoms with Crippen molar-refractivity contribution in [2.45, 2.75) is 18.8 Å². The second-order valence-corrected chi connectivity index (χ2v) is 9.40. The molecule has 0 unspecified atom stereocenters.